The maximum Gasteiger partial charge on any atom is 0.508 e. The zero-order valence-corrected chi connectivity index (χ0v) is 8.86. The zero-order chi connectivity index (χ0) is 11.4. The summed E-state index contributed by atoms with van der Waals surface area (Å²) in [5, 5.41) is 8.36. The van der Waals surface area contributed by atoms with Crippen LogP contribution in [0.3, 0.4) is 0 Å². The predicted molar refractivity (Wildman–Crippen MR) is 49.6 cm³/mol. The summed E-state index contributed by atoms with van der Waals surface area (Å²) in [6.45, 7) is 10.4. The van der Waals surface area contributed by atoms with Crippen molar-refractivity contribution in [1.29, 1.82) is 0 Å². The van der Waals surface area contributed by atoms with Crippen LogP contribution in [0.1, 0.15) is 27.7 Å². The van der Waals surface area contributed by atoms with Gasteiger partial charge in [-0.3, -0.25) is 0 Å². The van der Waals surface area contributed by atoms with Crippen molar-refractivity contribution in [1.82, 2.24) is 0 Å². The van der Waals surface area contributed by atoms with E-state index in [0.717, 1.165) is 0 Å². The number of carboxylic acid groups (broad SMARTS) is 1. The van der Waals surface area contributed by atoms with Crippen LogP contribution in [0.15, 0.2) is 12.2 Å². The van der Waals surface area contributed by atoms with Crippen LogP contribution in [0.25, 0.3) is 0 Å². The highest BCUT2D eigenvalue weighted by atomic mass is 17.2. The van der Waals surface area contributed by atoms with E-state index in [1.54, 1.807) is 27.7 Å². The quantitative estimate of drug-likeness (QED) is 0.250. The van der Waals surface area contributed by atoms with Crippen LogP contribution in [0, 0.1) is 0 Å². The number of hydrogen-bond acceptors (Lipinski definition) is 4. The molecule has 5 nitrogen and oxygen atoms in total. The number of carbonyl (C=O) groups is 1. The first-order chi connectivity index (χ1) is 6.22. The molecule has 0 bridgehead atoms. The van der Waals surface area contributed by atoms with Gasteiger partial charge in [-0.05, 0) is 33.3 Å². The van der Waals surface area contributed by atoms with Crippen LogP contribution in [0.4, 0.5) is 4.79 Å². The smallest absolute Gasteiger partial charge is 0.450 e. The van der Waals surface area contributed by atoms with Crippen LogP contribution in [0.5, 0.6) is 0 Å². The monoisotopic (exact) mass is 204 g/mol. The van der Waals surface area contributed by atoms with Crippen molar-refractivity contribution in [2.24, 2.45) is 0 Å². The Morgan fingerprint density at radius 2 is 1.93 bits per heavy atom. The molecule has 0 amide bonds. The SMILES string of the molecule is C=C(C)C(OOC(C)(C)C)OC(=O)O. The van der Waals surface area contributed by atoms with E-state index in [1.807, 2.05) is 0 Å². The van der Waals surface area contributed by atoms with Crippen molar-refractivity contribution in [2.45, 2.75) is 39.6 Å². The van der Waals surface area contributed by atoms with E-state index in [0.29, 0.717) is 5.57 Å². The molecule has 0 aliphatic rings. The van der Waals surface area contributed by atoms with Gasteiger partial charge in [0.05, 0.1) is 5.60 Å². The van der Waals surface area contributed by atoms with Crippen LogP contribution in [-0.2, 0) is 14.5 Å². The molecule has 0 heterocycles. The van der Waals surface area contributed by atoms with Gasteiger partial charge in [0.25, 0.3) is 6.29 Å². The Kier molecular flexibility index (Phi) is 4.59. The summed E-state index contributed by atoms with van der Waals surface area (Å²) in [6.07, 6.45) is -2.53. The largest absolute Gasteiger partial charge is 0.508 e. The maximum atomic E-state index is 10.2. The Hall–Kier alpha value is -1.07. The van der Waals surface area contributed by atoms with Gasteiger partial charge in [0.2, 0.25) is 0 Å². The normalized spacial score (nSPS) is 13.4. The van der Waals surface area contributed by atoms with E-state index >= 15 is 0 Å². The van der Waals surface area contributed by atoms with E-state index in [4.69, 9.17) is 14.9 Å². The van der Waals surface area contributed by atoms with Crippen molar-refractivity contribution < 1.29 is 24.4 Å². The average Bonchev–Trinajstić information content (AvgIpc) is 1.94. The van der Waals surface area contributed by atoms with Crippen LogP contribution < -0.4 is 0 Å². The molecule has 5 heteroatoms. The molecule has 0 aliphatic heterocycles. The van der Waals surface area contributed by atoms with E-state index in [1.165, 1.54) is 0 Å². The predicted octanol–water partition coefficient (Wildman–Crippen LogP) is 2.33. The molecule has 0 aromatic rings. The number of ether oxygens (including phenoxy) is 1. The van der Waals surface area contributed by atoms with E-state index in [2.05, 4.69) is 11.3 Å². The first-order valence-corrected chi connectivity index (χ1v) is 4.12. The topological polar surface area (TPSA) is 65.0 Å². The third-order valence-corrected chi connectivity index (χ3v) is 0.996. The van der Waals surface area contributed by atoms with Gasteiger partial charge < -0.3 is 9.84 Å². The summed E-state index contributed by atoms with van der Waals surface area (Å²) < 4.78 is 4.38. The molecule has 82 valence electrons. The van der Waals surface area contributed by atoms with Crippen molar-refractivity contribution in [2.75, 3.05) is 0 Å². The molecule has 0 aliphatic carbocycles. The van der Waals surface area contributed by atoms with Crippen LogP contribution >= 0.6 is 0 Å². The highest BCUT2D eigenvalue weighted by molar-refractivity contribution is 5.57. The molecule has 0 radical (unpaired) electrons. The Labute approximate surface area is 83.2 Å². The Morgan fingerprint density at radius 1 is 1.43 bits per heavy atom. The second-order valence-electron chi connectivity index (χ2n) is 3.85. The molecule has 1 unspecified atom stereocenters. The van der Waals surface area contributed by atoms with Crippen molar-refractivity contribution >= 4 is 6.16 Å². The fourth-order valence-corrected chi connectivity index (χ4v) is 0.482. The second-order valence-corrected chi connectivity index (χ2v) is 3.85. The second kappa shape index (κ2) is 4.97. The van der Waals surface area contributed by atoms with Crippen molar-refractivity contribution in [3.05, 3.63) is 12.2 Å². The maximum absolute atomic E-state index is 10.2. The molecule has 0 aromatic carbocycles. The molecule has 14 heavy (non-hydrogen) atoms. The first-order valence-electron chi connectivity index (χ1n) is 4.12. The third kappa shape index (κ3) is 6.45. The summed E-state index contributed by atoms with van der Waals surface area (Å²) in [6, 6.07) is 0. The van der Waals surface area contributed by atoms with Gasteiger partial charge in [-0.25, -0.2) is 9.68 Å². The lowest BCUT2D eigenvalue weighted by atomic mass is 10.2. The summed E-state index contributed by atoms with van der Waals surface area (Å²) >= 11 is 0. The van der Waals surface area contributed by atoms with Gasteiger partial charge in [0.1, 0.15) is 0 Å². The van der Waals surface area contributed by atoms with Gasteiger partial charge in [-0.15, -0.1) is 0 Å². The van der Waals surface area contributed by atoms with Crippen LogP contribution in [-0.4, -0.2) is 23.2 Å². The fourth-order valence-electron chi connectivity index (χ4n) is 0.482. The van der Waals surface area contributed by atoms with E-state index in [-0.39, 0.29) is 0 Å². The van der Waals surface area contributed by atoms with Crippen molar-refractivity contribution in [3.8, 4) is 0 Å². The molecule has 0 spiro atoms. The number of rotatable bonds is 4. The summed E-state index contributed by atoms with van der Waals surface area (Å²) in [7, 11) is 0. The molecular weight excluding hydrogens is 188 g/mol. The highest BCUT2D eigenvalue weighted by Gasteiger charge is 2.20. The molecule has 0 aromatic heterocycles. The lowest BCUT2D eigenvalue weighted by molar-refractivity contribution is -0.399. The first kappa shape index (κ1) is 12.9. The van der Waals surface area contributed by atoms with E-state index < -0.39 is 18.0 Å². The van der Waals surface area contributed by atoms with Gasteiger partial charge in [-0.1, -0.05) is 6.58 Å². The summed E-state index contributed by atoms with van der Waals surface area (Å²) in [5.74, 6) is 0. The minimum Gasteiger partial charge on any atom is -0.450 e. The highest BCUT2D eigenvalue weighted by Crippen LogP contribution is 2.13. The molecule has 0 rings (SSSR count). The summed E-state index contributed by atoms with van der Waals surface area (Å²) in [4.78, 5) is 19.9. The Morgan fingerprint density at radius 3 is 2.21 bits per heavy atom. The molecule has 0 fully saturated rings. The Balaban J connectivity index is 4.11. The van der Waals surface area contributed by atoms with Gasteiger partial charge >= 0.3 is 6.16 Å². The lowest BCUT2D eigenvalue weighted by Crippen LogP contribution is -2.27. The average molecular weight is 204 g/mol. The third-order valence-electron chi connectivity index (χ3n) is 0.996. The molecule has 1 N–H and O–H groups in total. The minimum atomic E-state index is -1.43. The van der Waals surface area contributed by atoms with Gasteiger partial charge in [-0.2, -0.15) is 4.89 Å². The molecule has 0 saturated heterocycles. The van der Waals surface area contributed by atoms with Gasteiger partial charge in [0, 0.05) is 0 Å². The van der Waals surface area contributed by atoms with Crippen molar-refractivity contribution in [3.63, 3.8) is 0 Å². The van der Waals surface area contributed by atoms with Crippen LogP contribution in [0.2, 0.25) is 0 Å². The van der Waals surface area contributed by atoms with E-state index in [9.17, 15) is 4.79 Å². The molecule has 0 saturated carbocycles. The standard InChI is InChI=1S/C9H16O5/c1-6(2)7(12-8(10)11)13-14-9(3,4)5/h7H,1H2,2-5H3,(H,10,11). The zero-order valence-electron chi connectivity index (χ0n) is 8.86. The lowest BCUT2D eigenvalue weighted by Gasteiger charge is -2.22. The van der Waals surface area contributed by atoms with Gasteiger partial charge in [0.15, 0.2) is 0 Å². The molecule has 1 atom stereocenters. The number of hydrogen-bond donors (Lipinski definition) is 1. The minimum absolute atomic E-state index is 0.414. The molecular formula is C9H16O5. The Bertz CT molecular complexity index is 216. The fraction of sp³-hybridized carbons (Fsp3) is 0.667. The summed E-state index contributed by atoms with van der Waals surface area (Å²) in [5.41, 5.74) is -0.119.